The molecule has 0 spiro atoms. The monoisotopic (exact) mass is 416 g/mol. The average Bonchev–Trinajstić information content (AvgIpc) is 3.03. The second kappa shape index (κ2) is 7.64. The molecule has 0 N–H and O–H groups in total. The molecule has 0 atom stereocenters. The van der Waals surface area contributed by atoms with Crippen molar-refractivity contribution in [3.8, 4) is 5.69 Å². The number of non-ortho nitro benzene ring substituents is 1. The number of hydrogen-bond donors (Lipinski definition) is 0. The molecule has 2 heterocycles. The van der Waals surface area contributed by atoms with Crippen molar-refractivity contribution in [2.45, 2.75) is 27.3 Å². The van der Waals surface area contributed by atoms with Crippen LogP contribution in [-0.4, -0.2) is 24.8 Å². The Morgan fingerprint density at radius 3 is 2.58 bits per heavy atom. The van der Waals surface area contributed by atoms with Gasteiger partial charge < -0.3 is 4.57 Å². The summed E-state index contributed by atoms with van der Waals surface area (Å²) < 4.78 is 3.25. The summed E-state index contributed by atoms with van der Waals surface area (Å²) in [5.41, 5.74) is 4.01. The molecule has 0 bridgehead atoms. The third kappa shape index (κ3) is 3.63. The van der Waals surface area contributed by atoms with Crippen molar-refractivity contribution in [1.29, 1.82) is 0 Å². The summed E-state index contributed by atoms with van der Waals surface area (Å²) in [5, 5.41) is 11.2. The summed E-state index contributed by atoms with van der Waals surface area (Å²) in [6, 6.07) is 13.7. The molecule has 0 aliphatic heterocycles. The van der Waals surface area contributed by atoms with Gasteiger partial charge in [-0.1, -0.05) is 12.1 Å². The lowest BCUT2D eigenvalue weighted by atomic mass is 10.1. The van der Waals surface area contributed by atoms with Crippen molar-refractivity contribution in [2.75, 3.05) is 0 Å². The average molecular weight is 416 g/mol. The predicted molar refractivity (Wildman–Crippen MR) is 117 cm³/mol. The van der Waals surface area contributed by atoms with Crippen LogP contribution in [0, 0.1) is 30.9 Å². The summed E-state index contributed by atoms with van der Waals surface area (Å²) in [4.78, 5) is 40.4. The molecule has 0 saturated heterocycles. The van der Waals surface area contributed by atoms with Crippen LogP contribution >= 0.6 is 0 Å². The van der Waals surface area contributed by atoms with Crippen LogP contribution in [0.25, 0.3) is 16.6 Å². The molecule has 2 aromatic carbocycles. The Kier molecular flexibility index (Phi) is 4.98. The van der Waals surface area contributed by atoms with E-state index < -0.39 is 10.5 Å². The van der Waals surface area contributed by atoms with Gasteiger partial charge in [-0.3, -0.25) is 24.3 Å². The van der Waals surface area contributed by atoms with Gasteiger partial charge in [0, 0.05) is 34.8 Å². The highest BCUT2D eigenvalue weighted by Gasteiger charge is 2.18. The van der Waals surface area contributed by atoms with Crippen LogP contribution in [0.5, 0.6) is 0 Å². The van der Waals surface area contributed by atoms with Crippen LogP contribution in [0.2, 0.25) is 0 Å². The number of aryl methyl sites for hydroxylation is 2. The zero-order valence-electron chi connectivity index (χ0n) is 17.3. The highest BCUT2D eigenvalue weighted by Crippen LogP contribution is 2.22. The Morgan fingerprint density at radius 2 is 1.87 bits per heavy atom. The molecule has 156 valence electrons. The molecule has 4 rings (SSSR count). The van der Waals surface area contributed by atoms with E-state index in [1.54, 1.807) is 0 Å². The molecule has 0 radical (unpaired) electrons. The summed E-state index contributed by atoms with van der Waals surface area (Å²) in [5.74, 6) is -0.211. The summed E-state index contributed by atoms with van der Waals surface area (Å²) in [6.45, 7) is 5.65. The molecule has 0 amide bonds. The van der Waals surface area contributed by atoms with Gasteiger partial charge in [0.05, 0.1) is 28.7 Å². The first-order valence-corrected chi connectivity index (χ1v) is 9.69. The van der Waals surface area contributed by atoms with E-state index in [4.69, 9.17) is 0 Å². The standard InChI is InChI=1S/C23H20N4O4/c1-14-5-4-6-17(9-14)26-15(2)10-20(16(26)3)22(28)12-25-13-24-21-11-18(27(30)31)7-8-19(21)23(25)29/h4-11,13H,12H2,1-3H3. The van der Waals surface area contributed by atoms with E-state index in [2.05, 4.69) is 4.98 Å². The molecule has 0 saturated carbocycles. The van der Waals surface area contributed by atoms with E-state index >= 15 is 0 Å². The topological polar surface area (TPSA) is 100 Å². The van der Waals surface area contributed by atoms with Gasteiger partial charge in [-0.15, -0.1) is 0 Å². The van der Waals surface area contributed by atoms with Crippen molar-refractivity contribution < 1.29 is 9.72 Å². The van der Waals surface area contributed by atoms with Crippen LogP contribution < -0.4 is 5.56 Å². The number of nitro benzene ring substituents is 1. The fourth-order valence-corrected chi connectivity index (χ4v) is 3.82. The summed E-state index contributed by atoms with van der Waals surface area (Å²) >= 11 is 0. The second-order valence-corrected chi connectivity index (χ2v) is 7.52. The van der Waals surface area contributed by atoms with E-state index in [1.807, 2.05) is 55.7 Å². The molecule has 0 unspecified atom stereocenters. The van der Waals surface area contributed by atoms with Crippen molar-refractivity contribution in [2.24, 2.45) is 0 Å². The number of benzene rings is 2. The maximum absolute atomic E-state index is 13.0. The smallest absolute Gasteiger partial charge is 0.271 e. The molecule has 0 aliphatic carbocycles. The van der Waals surface area contributed by atoms with E-state index in [0.717, 1.165) is 22.6 Å². The molecular formula is C23H20N4O4. The van der Waals surface area contributed by atoms with E-state index in [-0.39, 0.29) is 28.9 Å². The van der Waals surface area contributed by atoms with Crippen molar-refractivity contribution >= 4 is 22.4 Å². The molecule has 0 fully saturated rings. The van der Waals surface area contributed by atoms with Crippen LogP contribution in [0.15, 0.2) is 59.7 Å². The molecule has 0 aliphatic rings. The molecule has 4 aromatic rings. The number of Topliss-reactive ketones (excluding diaryl/α,β-unsaturated/α-hetero) is 1. The minimum Gasteiger partial charge on any atom is -0.318 e. The van der Waals surface area contributed by atoms with Crippen molar-refractivity contribution in [3.05, 3.63) is 97.8 Å². The number of rotatable bonds is 5. The molecular weight excluding hydrogens is 396 g/mol. The molecule has 8 nitrogen and oxygen atoms in total. The first kappa shape index (κ1) is 20.2. The minimum absolute atomic E-state index is 0.142. The lowest BCUT2D eigenvalue weighted by molar-refractivity contribution is -0.384. The molecule has 31 heavy (non-hydrogen) atoms. The fraction of sp³-hybridized carbons (Fsp3) is 0.174. The van der Waals surface area contributed by atoms with E-state index in [1.165, 1.54) is 29.1 Å². The highest BCUT2D eigenvalue weighted by atomic mass is 16.6. The van der Waals surface area contributed by atoms with Gasteiger partial charge in [-0.25, -0.2) is 4.98 Å². The second-order valence-electron chi connectivity index (χ2n) is 7.52. The Balaban J connectivity index is 1.69. The van der Waals surface area contributed by atoms with Gasteiger partial charge in [0.25, 0.3) is 11.2 Å². The first-order chi connectivity index (χ1) is 14.8. The molecule has 2 aromatic heterocycles. The fourth-order valence-electron chi connectivity index (χ4n) is 3.82. The van der Waals surface area contributed by atoms with Gasteiger partial charge in [0.1, 0.15) is 0 Å². The molecule has 8 heteroatoms. The Morgan fingerprint density at radius 1 is 1.10 bits per heavy atom. The largest absolute Gasteiger partial charge is 0.318 e. The third-order valence-corrected chi connectivity index (χ3v) is 5.32. The zero-order chi connectivity index (χ0) is 22.3. The van der Waals surface area contributed by atoms with Crippen molar-refractivity contribution in [3.63, 3.8) is 0 Å². The number of carbonyl (C=O) groups is 1. The number of hydrogen-bond acceptors (Lipinski definition) is 5. The minimum atomic E-state index is -0.541. The van der Waals surface area contributed by atoms with Gasteiger partial charge in [0.2, 0.25) is 0 Å². The summed E-state index contributed by atoms with van der Waals surface area (Å²) in [6.07, 6.45) is 1.26. The Bertz CT molecular complexity index is 1420. The third-order valence-electron chi connectivity index (χ3n) is 5.32. The van der Waals surface area contributed by atoms with Gasteiger partial charge in [-0.2, -0.15) is 0 Å². The lowest BCUT2D eigenvalue weighted by Gasteiger charge is -2.11. The van der Waals surface area contributed by atoms with Crippen LogP contribution in [0.3, 0.4) is 0 Å². The Hall–Kier alpha value is -4.07. The highest BCUT2D eigenvalue weighted by molar-refractivity contribution is 5.97. The normalized spacial score (nSPS) is 11.1. The van der Waals surface area contributed by atoms with Crippen LogP contribution in [0.1, 0.15) is 27.3 Å². The van der Waals surface area contributed by atoms with Crippen LogP contribution in [0.4, 0.5) is 5.69 Å². The number of ketones is 1. The maximum Gasteiger partial charge on any atom is 0.271 e. The lowest BCUT2D eigenvalue weighted by Crippen LogP contribution is -2.25. The predicted octanol–water partition coefficient (Wildman–Crippen LogP) is 3.90. The maximum atomic E-state index is 13.0. The number of fused-ring (bicyclic) bond motifs is 1. The Labute approximate surface area is 177 Å². The van der Waals surface area contributed by atoms with E-state index in [0.29, 0.717) is 5.56 Å². The van der Waals surface area contributed by atoms with Crippen molar-refractivity contribution in [1.82, 2.24) is 14.1 Å². The number of carbonyl (C=O) groups excluding carboxylic acids is 1. The zero-order valence-corrected chi connectivity index (χ0v) is 17.3. The van der Waals surface area contributed by atoms with Gasteiger partial charge in [-0.05, 0) is 50.6 Å². The van der Waals surface area contributed by atoms with E-state index in [9.17, 15) is 19.7 Å². The SMILES string of the molecule is Cc1cccc(-n2c(C)cc(C(=O)Cn3cnc4cc([N+](=O)[O-])ccc4c3=O)c2C)c1. The number of aromatic nitrogens is 3. The summed E-state index contributed by atoms with van der Waals surface area (Å²) in [7, 11) is 0. The van der Waals surface area contributed by atoms with Crippen LogP contribution in [-0.2, 0) is 6.54 Å². The number of nitrogens with zero attached hydrogens (tertiary/aromatic N) is 4. The quantitative estimate of drug-likeness (QED) is 0.279. The van der Waals surface area contributed by atoms with Gasteiger partial charge >= 0.3 is 0 Å². The number of nitro groups is 1. The first-order valence-electron chi connectivity index (χ1n) is 9.69. The van der Waals surface area contributed by atoms with Gasteiger partial charge in [0.15, 0.2) is 5.78 Å².